The average Bonchev–Trinajstić information content (AvgIpc) is 2.86. The zero-order chi connectivity index (χ0) is 25.3. The number of nitrogens with one attached hydrogen (secondary N) is 1. The molecule has 0 saturated heterocycles. The molecule has 0 radical (unpaired) electrons. The second kappa shape index (κ2) is 12.1. The molecular weight excluding hydrogens is 470 g/mol. The van der Waals surface area contributed by atoms with Gasteiger partial charge in [-0.1, -0.05) is 36.4 Å². The van der Waals surface area contributed by atoms with Crippen LogP contribution in [0.15, 0.2) is 83.8 Å². The lowest BCUT2D eigenvalue weighted by Gasteiger charge is -2.22. The van der Waals surface area contributed by atoms with E-state index in [0.29, 0.717) is 25.3 Å². The molecule has 0 saturated carbocycles. The second-order valence-electron chi connectivity index (χ2n) is 7.81. The summed E-state index contributed by atoms with van der Waals surface area (Å²) in [5, 5.41) is 10.9. The monoisotopic (exact) mass is 497 g/mol. The minimum absolute atomic E-state index is 0.178. The van der Waals surface area contributed by atoms with Crippen LogP contribution in [0, 0.1) is 10.1 Å². The molecule has 184 valence electrons. The number of carbonyl (C=O) groups is 1. The molecule has 35 heavy (non-hydrogen) atoms. The maximum Gasteiger partial charge on any atom is 0.270 e. The molecule has 0 spiro atoms. The van der Waals surface area contributed by atoms with E-state index in [0.717, 1.165) is 18.9 Å². The van der Waals surface area contributed by atoms with E-state index in [1.165, 1.54) is 35.9 Å². The summed E-state index contributed by atoms with van der Waals surface area (Å²) in [6.07, 6.45) is 1.64. The molecule has 9 nitrogen and oxygen atoms in total. The number of hydrogen-bond acceptors (Lipinski definition) is 6. The van der Waals surface area contributed by atoms with Gasteiger partial charge in [-0.05, 0) is 48.7 Å². The predicted octanol–water partition coefficient (Wildman–Crippen LogP) is 4.12. The van der Waals surface area contributed by atoms with Crippen molar-refractivity contribution in [2.75, 3.05) is 31.5 Å². The molecule has 0 aliphatic heterocycles. The summed E-state index contributed by atoms with van der Waals surface area (Å²) in [7, 11) is -2.46. The Balaban J connectivity index is 1.67. The first-order valence-corrected chi connectivity index (χ1v) is 12.5. The van der Waals surface area contributed by atoms with Crippen molar-refractivity contribution in [3.8, 4) is 0 Å². The smallest absolute Gasteiger partial charge is 0.270 e. The number of nitrogens with zero attached hydrogens (tertiary/aromatic N) is 2. The molecule has 0 fully saturated rings. The lowest BCUT2D eigenvalue weighted by molar-refractivity contribution is -0.385. The summed E-state index contributed by atoms with van der Waals surface area (Å²) in [6, 6.07) is 20.9. The van der Waals surface area contributed by atoms with Gasteiger partial charge in [0.1, 0.15) is 0 Å². The number of amides is 1. The van der Waals surface area contributed by atoms with Crippen LogP contribution >= 0.6 is 0 Å². The Labute approximate surface area is 204 Å². The Kier molecular flexibility index (Phi) is 8.93. The summed E-state index contributed by atoms with van der Waals surface area (Å²) in [5.41, 5.74) is 1.53. The van der Waals surface area contributed by atoms with E-state index in [4.69, 9.17) is 4.74 Å². The van der Waals surface area contributed by atoms with Crippen LogP contribution in [-0.2, 0) is 21.2 Å². The number of nitro groups is 1. The topological polar surface area (TPSA) is 119 Å². The van der Waals surface area contributed by atoms with Crippen molar-refractivity contribution >= 4 is 27.3 Å². The van der Waals surface area contributed by atoms with Crippen LogP contribution in [0.5, 0.6) is 0 Å². The Bertz CT molecular complexity index is 1250. The molecule has 1 N–H and O–H groups in total. The van der Waals surface area contributed by atoms with Crippen LogP contribution in [0.3, 0.4) is 0 Å². The molecule has 0 unspecified atom stereocenters. The highest BCUT2D eigenvalue weighted by atomic mass is 32.2. The molecule has 3 rings (SSSR count). The van der Waals surface area contributed by atoms with Crippen LogP contribution in [0.1, 0.15) is 22.3 Å². The third-order valence-corrected chi connectivity index (χ3v) is 6.69. The third-order valence-electron chi connectivity index (χ3n) is 5.31. The van der Waals surface area contributed by atoms with Gasteiger partial charge in [0.25, 0.3) is 21.6 Å². The second-order valence-corrected chi connectivity index (χ2v) is 9.49. The lowest BCUT2D eigenvalue weighted by atomic mass is 10.1. The zero-order valence-corrected chi connectivity index (χ0v) is 20.1. The number of methoxy groups -OCH3 is 1. The van der Waals surface area contributed by atoms with Gasteiger partial charge in [-0.2, -0.15) is 0 Å². The molecule has 0 atom stereocenters. The number of aryl methyl sites for hydroxylation is 1. The van der Waals surface area contributed by atoms with Crippen molar-refractivity contribution in [1.29, 1.82) is 0 Å². The highest BCUT2D eigenvalue weighted by Crippen LogP contribution is 2.21. The number of sulfonamides is 1. The largest absolute Gasteiger partial charge is 0.383 e. The molecule has 0 bridgehead atoms. The van der Waals surface area contributed by atoms with Crippen LogP contribution < -0.4 is 4.72 Å². The fraction of sp³-hybridized carbons (Fsp3) is 0.240. The van der Waals surface area contributed by atoms with Crippen LogP contribution in [0.2, 0.25) is 0 Å². The third kappa shape index (κ3) is 7.36. The summed E-state index contributed by atoms with van der Waals surface area (Å²) < 4.78 is 32.8. The Hall–Kier alpha value is -3.76. The van der Waals surface area contributed by atoms with Crippen molar-refractivity contribution in [2.24, 2.45) is 0 Å². The van der Waals surface area contributed by atoms with E-state index in [9.17, 15) is 23.3 Å². The van der Waals surface area contributed by atoms with E-state index < -0.39 is 14.9 Å². The minimum atomic E-state index is -4.04. The number of hydrogen-bond donors (Lipinski definition) is 1. The van der Waals surface area contributed by atoms with Crippen molar-refractivity contribution < 1.29 is 22.9 Å². The average molecular weight is 498 g/mol. The van der Waals surface area contributed by atoms with E-state index >= 15 is 0 Å². The summed E-state index contributed by atoms with van der Waals surface area (Å²) >= 11 is 0. The van der Waals surface area contributed by atoms with Gasteiger partial charge in [0.15, 0.2) is 0 Å². The highest BCUT2D eigenvalue weighted by Gasteiger charge is 2.19. The Morgan fingerprint density at radius 3 is 2.37 bits per heavy atom. The molecule has 10 heteroatoms. The molecule has 3 aromatic carbocycles. The molecule has 3 aromatic rings. The van der Waals surface area contributed by atoms with Crippen LogP contribution in [-0.4, -0.2) is 51.0 Å². The predicted molar refractivity (Wildman–Crippen MR) is 133 cm³/mol. The zero-order valence-electron chi connectivity index (χ0n) is 19.3. The molecule has 0 aliphatic carbocycles. The molecule has 0 aromatic heterocycles. The van der Waals surface area contributed by atoms with Gasteiger partial charge in [-0.3, -0.25) is 19.6 Å². The number of ether oxygens (including phenoxy) is 1. The van der Waals surface area contributed by atoms with E-state index in [1.807, 2.05) is 18.2 Å². The Morgan fingerprint density at radius 1 is 1.00 bits per heavy atom. The van der Waals surface area contributed by atoms with Crippen LogP contribution in [0.25, 0.3) is 0 Å². The van der Waals surface area contributed by atoms with Gasteiger partial charge in [-0.15, -0.1) is 0 Å². The van der Waals surface area contributed by atoms with Crippen molar-refractivity contribution in [2.45, 2.75) is 17.7 Å². The van der Waals surface area contributed by atoms with E-state index in [2.05, 4.69) is 16.9 Å². The van der Waals surface area contributed by atoms with Crippen LogP contribution in [0.4, 0.5) is 11.4 Å². The first-order chi connectivity index (χ1) is 16.8. The normalized spacial score (nSPS) is 11.1. The number of nitro benzene ring substituents is 1. The van der Waals surface area contributed by atoms with Gasteiger partial charge in [-0.25, -0.2) is 8.42 Å². The van der Waals surface area contributed by atoms with Gasteiger partial charge in [0, 0.05) is 43.6 Å². The molecule has 1 amide bonds. The first-order valence-electron chi connectivity index (χ1n) is 11.0. The van der Waals surface area contributed by atoms with Crippen molar-refractivity contribution in [1.82, 2.24) is 4.90 Å². The summed E-state index contributed by atoms with van der Waals surface area (Å²) in [4.78, 5) is 24.9. The maximum absolute atomic E-state index is 13.1. The molecular formula is C25H27N3O6S. The van der Waals surface area contributed by atoms with Gasteiger partial charge >= 0.3 is 0 Å². The minimum Gasteiger partial charge on any atom is -0.383 e. The summed E-state index contributed by atoms with van der Waals surface area (Å²) in [5.74, 6) is -0.178. The highest BCUT2D eigenvalue weighted by molar-refractivity contribution is 7.92. The van der Waals surface area contributed by atoms with Crippen molar-refractivity contribution in [3.63, 3.8) is 0 Å². The van der Waals surface area contributed by atoms with Crippen molar-refractivity contribution in [3.05, 3.63) is 100 Å². The quantitative estimate of drug-likeness (QED) is 0.297. The SMILES string of the molecule is COCCN(CCCc1ccccc1)C(=O)c1ccc(NS(=O)(=O)c2cccc([N+](=O)[O-])c2)cc1. The summed E-state index contributed by atoms with van der Waals surface area (Å²) in [6.45, 7) is 1.39. The van der Waals surface area contributed by atoms with Gasteiger partial charge in [0.2, 0.25) is 0 Å². The molecule has 0 aliphatic rings. The fourth-order valence-corrected chi connectivity index (χ4v) is 4.57. The van der Waals surface area contributed by atoms with Gasteiger partial charge < -0.3 is 9.64 Å². The standard InChI is InChI=1S/C25H27N3O6S/c1-34-18-17-27(16-6-9-20-7-3-2-4-8-20)25(29)21-12-14-22(15-13-21)26-35(32,33)24-11-5-10-23(19-24)28(30)31/h2-5,7-8,10-15,19,26H,6,9,16-18H2,1H3. The number of non-ortho nitro benzene ring substituents is 1. The van der Waals surface area contributed by atoms with E-state index in [-0.39, 0.29) is 22.2 Å². The lowest BCUT2D eigenvalue weighted by Crippen LogP contribution is -2.35. The first kappa shape index (κ1) is 25.9. The number of rotatable bonds is 12. The molecule has 0 heterocycles. The number of carbonyl (C=O) groups excluding carboxylic acids is 1. The number of anilines is 1. The van der Waals surface area contributed by atoms with Gasteiger partial charge in [0.05, 0.1) is 16.4 Å². The fourth-order valence-electron chi connectivity index (χ4n) is 3.48. The maximum atomic E-state index is 13.1. The number of benzene rings is 3. The van der Waals surface area contributed by atoms with E-state index in [1.54, 1.807) is 24.1 Å². The Morgan fingerprint density at radius 2 is 1.71 bits per heavy atom.